The molecule has 1 amide bonds. The summed E-state index contributed by atoms with van der Waals surface area (Å²) in [7, 11) is 1.55. The van der Waals surface area contributed by atoms with Gasteiger partial charge in [-0.1, -0.05) is 12.1 Å². The smallest absolute Gasteiger partial charge is 0.257 e. The number of aromatic nitrogens is 1. The van der Waals surface area contributed by atoms with Gasteiger partial charge in [-0.25, -0.2) is 4.98 Å². The first-order chi connectivity index (χ1) is 13.1. The van der Waals surface area contributed by atoms with Crippen LogP contribution in [-0.4, -0.2) is 30.9 Å². The first-order valence-electron chi connectivity index (χ1n) is 8.36. The number of rotatable bonds is 7. The molecule has 3 rings (SSSR count). The number of carbonyl (C=O) groups is 1. The van der Waals surface area contributed by atoms with E-state index >= 15 is 0 Å². The molecule has 0 atom stereocenters. The van der Waals surface area contributed by atoms with Gasteiger partial charge in [-0.15, -0.1) is 23.1 Å². The van der Waals surface area contributed by atoms with Crippen LogP contribution in [0.2, 0.25) is 0 Å². The zero-order valence-corrected chi connectivity index (χ0v) is 16.9. The molecule has 1 N–H and O–H groups in total. The molecule has 2 aromatic carbocycles. The summed E-state index contributed by atoms with van der Waals surface area (Å²) in [4.78, 5) is 18.3. The average molecular weight is 401 g/mol. The largest absolute Gasteiger partial charge is 0.493 e. The molecule has 0 radical (unpaired) electrons. The standard InChI is InChI=1S/C20H20N2O3S2/c1-4-25-17-10-7-14(11-18(17)24-2)19(23)22-20-21-16(12-27-20)13-5-8-15(26-3)9-6-13/h5-12H,4H2,1-3H3,(H,21,22,23). The minimum absolute atomic E-state index is 0.241. The van der Waals surface area contributed by atoms with E-state index in [0.717, 1.165) is 11.3 Å². The van der Waals surface area contributed by atoms with Gasteiger partial charge in [0.1, 0.15) is 0 Å². The molecule has 0 saturated heterocycles. The van der Waals surface area contributed by atoms with Crippen LogP contribution < -0.4 is 14.8 Å². The minimum Gasteiger partial charge on any atom is -0.493 e. The summed E-state index contributed by atoms with van der Waals surface area (Å²) in [6.45, 7) is 2.43. The molecule has 0 aliphatic heterocycles. The molecular weight excluding hydrogens is 380 g/mol. The molecule has 0 unspecified atom stereocenters. The third-order valence-electron chi connectivity index (χ3n) is 3.84. The number of anilines is 1. The van der Waals surface area contributed by atoms with E-state index in [4.69, 9.17) is 9.47 Å². The Balaban J connectivity index is 1.73. The van der Waals surface area contributed by atoms with E-state index in [0.29, 0.717) is 28.8 Å². The predicted molar refractivity (Wildman–Crippen MR) is 111 cm³/mol. The van der Waals surface area contributed by atoms with Crippen LogP contribution in [0.5, 0.6) is 11.5 Å². The highest BCUT2D eigenvalue weighted by Gasteiger charge is 2.13. The highest BCUT2D eigenvalue weighted by atomic mass is 32.2. The fourth-order valence-electron chi connectivity index (χ4n) is 2.48. The van der Waals surface area contributed by atoms with E-state index in [1.54, 1.807) is 37.1 Å². The topological polar surface area (TPSA) is 60.5 Å². The van der Waals surface area contributed by atoms with Crippen molar-refractivity contribution in [2.45, 2.75) is 11.8 Å². The van der Waals surface area contributed by atoms with E-state index < -0.39 is 0 Å². The van der Waals surface area contributed by atoms with Crippen LogP contribution in [0.25, 0.3) is 11.3 Å². The van der Waals surface area contributed by atoms with Crippen molar-refractivity contribution >= 4 is 34.1 Å². The maximum atomic E-state index is 12.5. The molecule has 7 heteroatoms. The van der Waals surface area contributed by atoms with Crippen molar-refractivity contribution in [1.29, 1.82) is 0 Å². The monoisotopic (exact) mass is 400 g/mol. The van der Waals surface area contributed by atoms with Crippen LogP contribution in [0.3, 0.4) is 0 Å². The van der Waals surface area contributed by atoms with Gasteiger partial charge in [0.2, 0.25) is 0 Å². The number of amides is 1. The van der Waals surface area contributed by atoms with E-state index in [1.165, 1.54) is 16.2 Å². The Morgan fingerprint density at radius 3 is 2.63 bits per heavy atom. The molecule has 5 nitrogen and oxygen atoms in total. The van der Waals surface area contributed by atoms with Crippen molar-refractivity contribution in [2.24, 2.45) is 0 Å². The Kier molecular flexibility index (Phi) is 6.36. The summed E-state index contributed by atoms with van der Waals surface area (Å²) in [5.41, 5.74) is 2.34. The van der Waals surface area contributed by atoms with Gasteiger partial charge >= 0.3 is 0 Å². The van der Waals surface area contributed by atoms with Crippen molar-refractivity contribution in [3.63, 3.8) is 0 Å². The minimum atomic E-state index is -0.241. The zero-order chi connectivity index (χ0) is 19.2. The second kappa shape index (κ2) is 8.92. The normalized spacial score (nSPS) is 10.5. The van der Waals surface area contributed by atoms with E-state index in [1.807, 2.05) is 30.7 Å². The third-order valence-corrected chi connectivity index (χ3v) is 5.34. The van der Waals surface area contributed by atoms with Crippen molar-refractivity contribution in [3.8, 4) is 22.8 Å². The molecule has 140 valence electrons. The Labute approximate surface area is 166 Å². The molecule has 0 spiro atoms. The van der Waals surface area contributed by atoms with E-state index in [-0.39, 0.29) is 5.91 Å². The number of hydrogen-bond acceptors (Lipinski definition) is 6. The molecule has 3 aromatic rings. The number of thioether (sulfide) groups is 1. The molecule has 0 bridgehead atoms. The summed E-state index contributed by atoms with van der Waals surface area (Å²) in [6, 6.07) is 13.3. The van der Waals surface area contributed by atoms with Gasteiger partial charge in [0.25, 0.3) is 5.91 Å². The van der Waals surface area contributed by atoms with Gasteiger partial charge in [0.05, 0.1) is 19.4 Å². The van der Waals surface area contributed by atoms with Crippen LogP contribution in [0, 0.1) is 0 Å². The highest BCUT2D eigenvalue weighted by Crippen LogP contribution is 2.30. The van der Waals surface area contributed by atoms with Crippen LogP contribution in [-0.2, 0) is 0 Å². The lowest BCUT2D eigenvalue weighted by atomic mass is 10.2. The molecule has 1 heterocycles. The van der Waals surface area contributed by atoms with Gasteiger partial charge in [-0.05, 0) is 43.5 Å². The van der Waals surface area contributed by atoms with Gasteiger partial charge in [-0.2, -0.15) is 0 Å². The first-order valence-corrected chi connectivity index (χ1v) is 10.5. The Hall–Kier alpha value is -2.51. The van der Waals surface area contributed by atoms with Gasteiger partial charge in [0.15, 0.2) is 16.6 Å². The van der Waals surface area contributed by atoms with Crippen molar-refractivity contribution in [2.75, 3.05) is 25.3 Å². The lowest BCUT2D eigenvalue weighted by Crippen LogP contribution is -2.12. The zero-order valence-electron chi connectivity index (χ0n) is 15.3. The maximum Gasteiger partial charge on any atom is 0.257 e. The summed E-state index contributed by atoms with van der Waals surface area (Å²) >= 11 is 3.09. The molecule has 1 aromatic heterocycles. The summed E-state index contributed by atoms with van der Waals surface area (Å²) in [5.74, 6) is 0.898. The number of nitrogens with one attached hydrogen (secondary N) is 1. The van der Waals surface area contributed by atoms with E-state index in [2.05, 4.69) is 22.4 Å². The summed E-state index contributed by atoms with van der Waals surface area (Å²) in [6.07, 6.45) is 2.04. The molecular formula is C20H20N2O3S2. The molecule has 27 heavy (non-hydrogen) atoms. The average Bonchev–Trinajstić information content (AvgIpc) is 3.17. The number of ether oxygens (including phenoxy) is 2. The number of methoxy groups -OCH3 is 1. The third kappa shape index (κ3) is 4.61. The van der Waals surface area contributed by atoms with Crippen molar-refractivity contribution in [3.05, 3.63) is 53.4 Å². The van der Waals surface area contributed by atoms with Crippen LogP contribution in [0.15, 0.2) is 52.7 Å². The number of hydrogen-bond donors (Lipinski definition) is 1. The number of carbonyl (C=O) groups excluding carboxylic acids is 1. The summed E-state index contributed by atoms with van der Waals surface area (Å²) < 4.78 is 10.8. The number of nitrogens with zero attached hydrogens (tertiary/aromatic N) is 1. The van der Waals surface area contributed by atoms with E-state index in [9.17, 15) is 4.79 Å². The second-order valence-electron chi connectivity index (χ2n) is 5.52. The highest BCUT2D eigenvalue weighted by molar-refractivity contribution is 7.98. The fraction of sp³-hybridized carbons (Fsp3) is 0.200. The van der Waals surface area contributed by atoms with Crippen LogP contribution in [0.1, 0.15) is 17.3 Å². The van der Waals surface area contributed by atoms with Crippen molar-refractivity contribution in [1.82, 2.24) is 4.98 Å². The number of benzene rings is 2. The summed E-state index contributed by atoms with van der Waals surface area (Å²) in [5, 5.41) is 5.33. The lowest BCUT2D eigenvalue weighted by molar-refractivity contribution is 0.102. The van der Waals surface area contributed by atoms with Crippen LogP contribution >= 0.6 is 23.1 Å². The maximum absolute atomic E-state index is 12.5. The molecule has 0 fully saturated rings. The Morgan fingerprint density at radius 1 is 1.19 bits per heavy atom. The quantitative estimate of drug-likeness (QED) is 0.553. The molecule has 0 aliphatic carbocycles. The fourth-order valence-corrected chi connectivity index (χ4v) is 3.60. The lowest BCUT2D eigenvalue weighted by Gasteiger charge is -2.10. The molecule has 0 saturated carbocycles. The van der Waals surface area contributed by atoms with Gasteiger partial charge < -0.3 is 9.47 Å². The van der Waals surface area contributed by atoms with Gasteiger partial charge in [0, 0.05) is 21.4 Å². The first kappa shape index (κ1) is 19.3. The predicted octanol–water partition coefficient (Wildman–Crippen LogP) is 5.19. The number of thiazole rings is 1. The Morgan fingerprint density at radius 2 is 1.96 bits per heavy atom. The van der Waals surface area contributed by atoms with Crippen molar-refractivity contribution < 1.29 is 14.3 Å². The van der Waals surface area contributed by atoms with Gasteiger partial charge in [-0.3, -0.25) is 10.1 Å². The Bertz CT molecular complexity index is 923. The molecule has 0 aliphatic rings. The second-order valence-corrected chi connectivity index (χ2v) is 7.26. The van der Waals surface area contributed by atoms with Crippen LogP contribution in [0.4, 0.5) is 5.13 Å². The SMILES string of the molecule is CCOc1ccc(C(=O)Nc2nc(-c3ccc(SC)cc3)cs2)cc1OC.